The van der Waals surface area contributed by atoms with Gasteiger partial charge in [-0.2, -0.15) is 0 Å². The molecule has 0 aliphatic carbocycles. The maximum atomic E-state index is 12.3. The van der Waals surface area contributed by atoms with Crippen molar-refractivity contribution in [1.82, 2.24) is 14.7 Å². The number of thiazole rings is 1. The molecule has 25 heavy (non-hydrogen) atoms. The molecule has 0 spiro atoms. The Morgan fingerprint density at radius 3 is 3.04 bits per heavy atom. The molecule has 1 aromatic carbocycles. The summed E-state index contributed by atoms with van der Waals surface area (Å²) in [5.41, 5.74) is 0.930. The molecule has 3 heterocycles. The summed E-state index contributed by atoms with van der Waals surface area (Å²) in [5.74, 6) is 0.471. The lowest BCUT2D eigenvalue weighted by molar-refractivity contribution is 0.0847. The van der Waals surface area contributed by atoms with Crippen molar-refractivity contribution < 1.29 is 14.6 Å². The molecule has 4 rings (SSSR count). The van der Waals surface area contributed by atoms with E-state index >= 15 is 0 Å². The Morgan fingerprint density at radius 2 is 2.20 bits per heavy atom. The number of aliphatic hydroxyl groups excluding tert-OH is 1. The minimum absolute atomic E-state index is 0.120. The number of nitrogens with zero attached hydrogens (tertiary/aromatic N) is 2. The van der Waals surface area contributed by atoms with Crippen LogP contribution in [0.5, 0.6) is 5.75 Å². The molecule has 0 radical (unpaired) electrons. The highest BCUT2D eigenvalue weighted by Gasteiger charge is 2.16. The summed E-state index contributed by atoms with van der Waals surface area (Å²) < 4.78 is 7.44. The average molecular weight is 373 g/mol. The van der Waals surface area contributed by atoms with E-state index in [0.29, 0.717) is 10.6 Å². The summed E-state index contributed by atoms with van der Waals surface area (Å²) in [7, 11) is 0. The number of aliphatic hydroxyl groups is 1. The molecule has 1 atom stereocenters. The number of fused-ring (bicyclic) bond motifs is 3. The second kappa shape index (κ2) is 6.83. The van der Waals surface area contributed by atoms with E-state index in [1.807, 2.05) is 52.4 Å². The Hall–Kier alpha value is -2.42. The van der Waals surface area contributed by atoms with Gasteiger partial charge in [-0.3, -0.25) is 9.20 Å². The lowest BCUT2D eigenvalue weighted by atomic mass is 10.3. The van der Waals surface area contributed by atoms with Crippen molar-refractivity contribution in [2.24, 2.45) is 0 Å². The Bertz CT molecular complexity index is 1010. The van der Waals surface area contributed by atoms with Crippen LogP contribution in [0.25, 0.3) is 15.3 Å². The second-order valence-corrected chi connectivity index (χ2v) is 7.36. The van der Waals surface area contributed by atoms with E-state index in [2.05, 4.69) is 10.3 Å². The molecule has 0 saturated heterocycles. The van der Waals surface area contributed by atoms with Gasteiger partial charge in [0.1, 0.15) is 23.3 Å². The molecule has 0 aliphatic heterocycles. The number of nitrogens with one attached hydrogen (secondary N) is 1. The molecule has 0 bridgehead atoms. The Labute approximate surface area is 151 Å². The van der Waals surface area contributed by atoms with Gasteiger partial charge in [0.15, 0.2) is 4.96 Å². The van der Waals surface area contributed by atoms with Crippen molar-refractivity contribution >= 4 is 43.9 Å². The van der Waals surface area contributed by atoms with Crippen LogP contribution < -0.4 is 10.1 Å². The normalized spacial score (nSPS) is 12.5. The predicted molar refractivity (Wildman–Crippen MR) is 98.7 cm³/mol. The number of ether oxygens (including phenoxy) is 1. The number of amides is 1. The van der Waals surface area contributed by atoms with E-state index in [1.54, 1.807) is 11.3 Å². The maximum absolute atomic E-state index is 12.3. The molecule has 8 heteroatoms. The van der Waals surface area contributed by atoms with Crippen molar-refractivity contribution in [3.05, 3.63) is 52.9 Å². The fourth-order valence-electron chi connectivity index (χ4n) is 2.43. The van der Waals surface area contributed by atoms with Crippen LogP contribution in [0, 0.1) is 0 Å². The first-order chi connectivity index (χ1) is 12.2. The van der Waals surface area contributed by atoms with Gasteiger partial charge in [0, 0.05) is 18.1 Å². The molecule has 2 N–H and O–H groups in total. The molecule has 4 aromatic rings. The molecule has 0 fully saturated rings. The quantitative estimate of drug-likeness (QED) is 0.545. The Morgan fingerprint density at radius 1 is 1.36 bits per heavy atom. The molecular weight excluding hydrogens is 358 g/mol. The van der Waals surface area contributed by atoms with Gasteiger partial charge in [-0.25, -0.2) is 4.98 Å². The topological polar surface area (TPSA) is 75.9 Å². The van der Waals surface area contributed by atoms with Gasteiger partial charge in [0.2, 0.25) is 0 Å². The highest BCUT2D eigenvalue weighted by molar-refractivity contribution is 7.21. The number of aromatic nitrogens is 2. The maximum Gasteiger partial charge on any atom is 0.261 e. The smallest absolute Gasteiger partial charge is 0.261 e. The van der Waals surface area contributed by atoms with Gasteiger partial charge in [-0.05, 0) is 18.2 Å². The minimum Gasteiger partial charge on any atom is -0.491 e. The Kier molecular flexibility index (Phi) is 4.39. The van der Waals surface area contributed by atoms with Crippen LogP contribution in [-0.2, 0) is 0 Å². The largest absolute Gasteiger partial charge is 0.491 e. The van der Waals surface area contributed by atoms with Crippen LogP contribution in [-0.4, -0.2) is 39.7 Å². The summed E-state index contributed by atoms with van der Waals surface area (Å²) in [6.07, 6.45) is 1.16. The van der Waals surface area contributed by atoms with E-state index in [1.165, 1.54) is 11.3 Å². The fraction of sp³-hybridized carbons (Fsp3) is 0.176. The van der Waals surface area contributed by atoms with Crippen molar-refractivity contribution in [3.8, 4) is 5.75 Å². The van der Waals surface area contributed by atoms with E-state index in [9.17, 15) is 9.90 Å². The summed E-state index contributed by atoms with van der Waals surface area (Å²) >= 11 is 2.91. The third-order valence-electron chi connectivity index (χ3n) is 3.65. The van der Waals surface area contributed by atoms with Crippen molar-refractivity contribution in [1.29, 1.82) is 0 Å². The molecule has 1 amide bonds. The SMILES string of the molecule is O=C(NC[C@H](O)COc1ccccc1)c1cc2c(nc3sccn32)s1. The number of hydrogen-bond donors (Lipinski definition) is 2. The molecule has 128 valence electrons. The monoisotopic (exact) mass is 373 g/mol. The van der Waals surface area contributed by atoms with Crippen LogP contribution >= 0.6 is 22.7 Å². The standard InChI is InChI=1S/C17H15N3O3S2/c21-11(10-23-12-4-2-1-3-5-12)9-18-15(22)14-8-13-16(25-14)19-17-20(13)6-7-24-17/h1-8,11,21H,9-10H2,(H,18,22)/t11-/m0/s1. The van der Waals surface area contributed by atoms with Gasteiger partial charge in [-0.1, -0.05) is 18.2 Å². The van der Waals surface area contributed by atoms with E-state index in [4.69, 9.17) is 4.74 Å². The van der Waals surface area contributed by atoms with Gasteiger partial charge < -0.3 is 15.2 Å². The van der Waals surface area contributed by atoms with Gasteiger partial charge in [0.25, 0.3) is 5.91 Å². The first kappa shape index (κ1) is 16.1. The first-order valence-corrected chi connectivity index (χ1v) is 9.39. The lowest BCUT2D eigenvalue weighted by Crippen LogP contribution is -2.34. The predicted octanol–water partition coefficient (Wildman–Crippen LogP) is 2.78. The van der Waals surface area contributed by atoms with Crippen molar-refractivity contribution in [3.63, 3.8) is 0 Å². The number of carbonyl (C=O) groups excluding carboxylic acids is 1. The number of para-hydroxylation sites is 1. The van der Waals surface area contributed by atoms with Gasteiger partial charge in [0.05, 0.1) is 10.4 Å². The highest BCUT2D eigenvalue weighted by atomic mass is 32.1. The van der Waals surface area contributed by atoms with E-state index in [-0.39, 0.29) is 19.1 Å². The van der Waals surface area contributed by atoms with E-state index in [0.717, 1.165) is 15.3 Å². The number of hydrogen-bond acceptors (Lipinski definition) is 6. The number of thiophene rings is 1. The zero-order valence-corrected chi connectivity index (χ0v) is 14.7. The van der Waals surface area contributed by atoms with Crippen LogP contribution in [0.4, 0.5) is 0 Å². The number of imidazole rings is 1. The van der Waals surface area contributed by atoms with Crippen LogP contribution in [0.3, 0.4) is 0 Å². The fourth-order valence-corrected chi connectivity index (χ4v) is 4.14. The van der Waals surface area contributed by atoms with Gasteiger partial charge >= 0.3 is 0 Å². The third kappa shape index (κ3) is 3.37. The summed E-state index contributed by atoms with van der Waals surface area (Å²) in [6.45, 7) is 0.247. The lowest BCUT2D eigenvalue weighted by Gasteiger charge is -2.12. The minimum atomic E-state index is -0.779. The number of benzene rings is 1. The second-order valence-electron chi connectivity index (χ2n) is 5.46. The molecule has 0 aliphatic rings. The summed E-state index contributed by atoms with van der Waals surface area (Å²) in [5, 5.41) is 14.7. The molecule has 0 unspecified atom stereocenters. The molecule has 6 nitrogen and oxygen atoms in total. The van der Waals surface area contributed by atoms with Crippen LogP contribution in [0.1, 0.15) is 9.67 Å². The average Bonchev–Trinajstić information content (AvgIpc) is 3.30. The van der Waals surface area contributed by atoms with Crippen LogP contribution in [0.2, 0.25) is 0 Å². The molecular formula is C17H15N3O3S2. The highest BCUT2D eigenvalue weighted by Crippen LogP contribution is 2.28. The first-order valence-electron chi connectivity index (χ1n) is 7.70. The number of rotatable bonds is 6. The Balaban J connectivity index is 1.34. The third-order valence-corrected chi connectivity index (χ3v) is 5.42. The molecule has 0 saturated carbocycles. The van der Waals surface area contributed by atoms with Crippen molar-refractivity contribution in [2.75, 3.05) is 13.2 Å². The molecule has 3 aromatic heterocycles. The zero-order chi connectivity index (χ0) is 17.2. The summed E-state index contributed by atoms with van der Waals surface area (Å²) in [6, 6.07) is 11.1. The zero-order valence-electron chi connectivity index (χ0n) is 13.1. The van der Waals surface area contributed by atoms with E-state index < -0.39 is 6.10 Å². The van der Waals surface area contributed by atoms with Crippen molar-refractivity contribution in [2.45, 2.75) is 6.10 Å². The summed E-state index contributed by atoms with van der Waals surface area (Å²) in [4.78, 5) is 19.1. The van der Waals surface area contributed by atoms with Gasteiger partial charge in [-0.15, -0.1) is 22.7 Å². The van der Waals surface area contributed by atoms with Crippen LogP contribution in [0.15, 0.2) is 48.0 Å². The number of carbonyl (C=O) groups is 1.